The number of carbonyl (C=O) groups excluding carboxylic acids is 1. The lowest BCUT2D eigenvalue weighted by molar-refractivity contribution is -0.133. The molecule has 3 nitrogen and oxygen atoms in total. The smallest absolute Gasteiger partial charge is 0.339 e. The molecule has 0 atom stereocenters. The van der Waals surface area contributed by atoms with Crippen LogP contribution in [0.2, 0.25) is 0 Å². The van der Waals surface area contributed by atoms with Gasteiger partial charge in [-0.05, 0) is 41.6 Å². The first-order chi connectivity index (χ1) is 10.7. The van der Waals surface area contributed by atoms with E-state index in [-0.39, 0.29) is 5.97 Å². The van der Waals surface area contributed by atoms with Crippen LogP contribution >= 0.6 is 11.8 Å². The molecular weight excluding hydrogens is 296 g/mol. The van der Waals surface area contributed by atoms with Gasteiger partial charge in [0.25, 0.3) is 0 Å². The molecule has 0 aliphatic carbocycles. The summed E-state index contributed by atoms with van der Waals surface area (Å²) in [5.41, 5.74) is 3.38. The van der Waals surface area contributed by atoms with Crippen molar-refractivity contribution in [1.29, 1.82) is 0 Å². The zero-order chi connectivity index (χ0) is 15.5. The monoisotopic (exact) mass is 312 g/mol. The van der Waals surface area contributed by atoms with Gasteiger partial charge >= 0.3 is 5.97 Å². The maximum Gasteiger partial charge on any atom is 0.339 e. The van der Waals surface area contributed by atoms with E-state index in [0.29, 0.717) is 12.2 Å². The quantitative estimate of drug-likeness (QED) is 0.634. The largest absolute Gasteiger partial charge is 0.497 e. The van der Waals surface area contributed by atoms with E-state index in [4.69, 9.17) is 9.47 Å². The number of cyclic esters (lactones) is 1. The van der Waals surface area contributed by atoms with Crippen molar-refractivity contribution in [2.45, 2.75) is 4.90 Å². The summed E-state index contributed by atoms with van der Waals surface area (Å²) in [5, 5.41) is 0. The Morgan fingerprint density at radius 2 is 1.86 bits per heavy atom. The highest BCUT2D eigenvalue weighted by atomic mass is 32.2. The molecule has 0 aromatic heterocycles. The summed E-state index contributed by atoms with van der Waals surface area (Å²) in [6, 6.07) is 15.7. The molecule has 0 spiro atoms. The molecule has 0 bridgehead atoms. The Bertz CT molecular complexity index is 732. The lowest BCUT2D eigenvalue weighted by Crippen LogP contribution is -1.98. The average Bonchev–Trinajstić information content (AvgIpc) is 2.96. The minimum atomic E-state index is -0.280. The molecule has 22 heavy (non-hydrogen) atoms. The number of esters is 1. The van der Waals surface area contributed by atoms with Gasteiger partial charge in [-0.2, -0.15) is 0 Å². The number of benzene rings is 2. The molecule has 0 saturated heterocycles. The van der Waals surface area contributed by atoms with Gasteiger partial charge in [0.15, 0.2) is 0 Å². The van der Waals surface area contributed by atoms with Crippen molar-refractivity contribution in [3.05, 3.63) is 59.7 Å². The van der Waals surface area contributed by atoms with Gasteiger partial charge in [-0.1, -0.05) is 24.3 Å². The SMILES string of the molecule is COc1cccc(C2=C(c3ccc(SC)cc3)COC2=O)c1. The summed E-state index contributed by atoms with van der Waals surface area (Å²) >= 11 is 1.69. The Balaban J connectivity index is 2.08. The predicted octanol–water partition coefficient (Wildman–Crippen LogP) is 3.88. The van der Waals surface area contributed by atoms with Crippen LogP contribution < -0.4 is 4.74 Å². The fourth-order valence-electron chi connectivity index (χ4n) is 2.50. The molecule has 0 N–H and O–H groups in total. The summed E-state index contributed by atoms with van der Waals surface area (Å²) in [7, 11) is 1.61. The molecule has 0 fully saturated rings. The second kappa shape index (κ2) is 6.28. The van der Waals surface area contributed by atoms with Crippen molar-refractivity contribution >= 4 is 28.9 Å². The topological polar surface area (TPSA) is 35.5 Å². The van der Waals surface area contributed by atoms with E-state index in [9.17, 15) is 4.79 Å². The number of rotatable bonds is 4. The van der Waals surface area contributed by atoms with E-state index in [0.717, 1.165) is 22.4 Å². The van der Waals surface area contributed by atoms with Crippen LogP contribution in [0.15, 0.2) is 53.4 Å². The van der Waals surface area contributed by atoms with E-state index in [1.54, 1.807) is 18.9 Å². The van der Waals surface area contributed by atoms with Crippen molar-refractivity contribution in [3.8, 4) is 5.75 Å². The van der Waals surface area contributed by atoms with Crippen LogP contribution in [0.1, 0.15) is 11.1 Å². The highest BCUT2D eigenvalue weighted by Gasteiger charge is 2.27. The normalized spacial score (nSPS) is 14.2. The fraction of sp³-hybridized carbons (Fsp3) is 0.167. The first-order valence-electron chi connectivity index (χ1n) is 6.92. The van der Waals surface area contributed by atoms with Crippen molar-refractivity contribution in [3.63, 3.8) is 0 Å². The molecule has 112 valence electrons. The molecule has 1 aliphatic rings. The maximum absolute atomic E-state index is 12.2. The lowest BCUT2D eigenvalue weighted by Gasteiger charge is -2.07. The van der Waals surface area contributed by atoms with E-state index in [2.05, 4.69) is 12.1 Å². The van der Waals surface area contributed by atoms with Crippen LogP contribution in [0.25, 0.3) is 11.1 Å². The molecule has 3 rings (SSSR count). The van der Waals surface area contributed by atoms with Crippen molar-refractivity contribution < 1.29 is 14.3 Å². The first kappa shape index (κ1) is 14.7. The second-order valence-electron chi connectivity index (χ2n) is 4.89. The zero-order valence-corrected chi connectivity index (χ0v) is 13.3. The van der Waals surface area contributed by atoms with Gasteiger partial charge in [0.2, 0.25) is 0 Å². The van der Waals surface area contributed by atoms with Crippen LogP contribution in [0.5, 0.6) is 5.75 Å². The molecule has 0 radical (unpaired) electrons. The van der Waals surface area contributed by atoms with Crippen molar-refractivity contribution in [1.82, 2.24) is 0 Å². The minimum Gasteiger partial charge on any atom is -0.497 e. The first-order valence-corrected chi connectivity index (χ1v) is 8.14. The number of ether oxygens (including phenoxy) is 2. The molecule has 0 saturated carbocycles. The van der Waals surface area contributed by atoms with Crippen LogP contribution in [-0.2, 0) is 9.53 Å². The summed E-state index contributed by atoms with van der Waals surface area (Å²) in [6.45, 7) is 0.310. The van der Waals surface area contributed by atoms with Crippen LogP contribution in [0, 0.1) is 0 Å². The van der Waals surface area contributed by atoms with E-state index in [1.165, 1.54) is 4.90 Å². The summed E-state index contributed by atoms with van der Waals surface area (Å²) in [5.74, 6) is 0.443. The molecular formula is C18H16O3S. The Morgan fingerprint density at radius 3 is 2.55 bits per heavy atom. The fourth-order valence-corrected chi connectivity index (χ4v) is 2.90. The van der Waals surface area contributed by atoms with E-state index in [1.807, 2.05) is 42.7 Å². The zero-order valence-electron chi connectivity index (χ0n) is 12.5. The molecule has 1 heterocycles. The van der Waals surface area contributed by atoms with E-state index < -0.39 is 0 Å². The van der Waals surface area contributed by atoms with Gasteiger partial charge in [0.05, 0.1) is 12.7 Å². The molecule has 1 aliphatic heterocycles. The standard InChI is InChI=1S/C18H16O3S/c1-20-14-5-3-4-13(10-14)17-16(11-21-18(17)19)12-6-8-15(22-2)9-7-12/h3-10H,11H2,1-2H3. The summed E-state index contributed by atoms with van der Waals surface area (Å²) in [6.07, 6.45) is 2.04. The third-order valence-corrected chi connectivity index (χ3v) is 4.39. The average molecular weight is 312 g/mol. The van der Waals surface area contributed by atoms with Crippen LogP contribution in [0.4, 0.5) is 0 Å². The van der Waals surface area contributed by atoms with Gasteiger partial charge in [-0.15, -0.1) is 11.8 Å². The van der Waals surface area contributed by atoms with Gasteiger partial charge < -0.3 is 9.47 Å². The van der Waals surface area contributed by atoms with Crippen molar-refractivity contribution in [2.24, 2.45) is 0 Å². The van der Waals surface area contributed by atoms with Crippen molar-refractivity contribution in [2.75, 3.05) is 20.0 Å². The molecule has 2 aromatic carbocycles. The molecule has 0 unspecified atom stereocenters. The Labute approximate surface area is 133 Å². The molecule has 2 aromatic rings. The maximum atomic E-state index is 12.2. The lowest BCUT2D eigenvalue weighted by atomic mass is 9.96. The number of hydrogen-bond donors (Lipinski definition) is 0. The highest BCUT2D eigenvalue weighted by Crippen LogP contribution is 2.34. The highest BCUT2D eigenvalue weighted by molar-refractivity contribution is 7.98. The number of thioether (sulfide) groups is 1. The Kier molecular flexibility index (Phi) is 4.20. The molecule has 4 heteroatoms. The number of methoxy groups -OCH3 is 1. The van der Waals surface area contributed by atoms with Gasteiger partial charge in [-0.25, -0.2) is 4.79 Å². The third kappa shape index (κ3) is 2.74. The van der Waals surface area contributed by atoms with Gasteiger partial charge in [0, 0.05) is 10.5 Å². The summed E-state index contributed by atoms with van der Waals surface area (Å²) in [4.78, 5) is 13.3. The van der Waals surface area contributed by atoms with Gasteiger partial charge in [0.1, 0.15) is 12.4 Å². The van der Waals surface area contributed by atoms with Crippen LogP contribution in [-0.4, -0.2) is 25.9 Å². The summed E-state index contributed by atoms with van der Waals surface area (Å²) < 4.78 is 10.5. The van der Waals surface area contributed by atoms with E-state index >= 15 is 0 Å². The predicted molar refractivity (Wildman–Crippen MR) is 89.0 cm³/mol. The number of hydrogen-bond acceptors (Lipinski definition) is 4. The Morgan fingerprint density at radius 1 is 1.09 bits per heavy atom. The second-order valence-corrected chi connectivity index (χ2v) is 5.77. The molecule has 0 amide bonds. The minimum absolute atomic E-state index is 0.280. The van der Waals surface area contributed by atoms with Gasteiger partial charge in [-0.3, -0.25) is 0 Å². The number of carbonyl (C=O) groups is 1. The van der Waals surface area contributed by atoms with Crippen LogP contribution in [0.3, 0.4) is 0 Å². The third-order valence-electron chi connectivity index (χ3n) is 3.65. The Hall–Kier alpha value is -2.20.